The van der Waals surface area contributed by atoms with Crippen LogP contribution in [-0.2, 0) is 28.6 Å². The average molecular weight is 1010 g/mol. The monoisotopic (exact) mass is 1010 g/mol. The van der Waals surface area contributed by atoms with Crippen LogP contribution in [0.1, 0.15) is 348 Å². The van der Waals surface area contributed by atoms with E-state index < -0.39 is 6.10 Å². The number of unbranched alkanes of at least 4 members (excludes halogenated alkanes) is 42. The largest absolute Gasteiger partial charge is 0.462 e. The molecule has 0 saturated carbocycles. The standard InChI is InChI=1S/C66H122O6/c1-4-7-10-13-16-19-22-25-28-31-33-35-38-41-44-47-50-53-56-59-65(68)71-62-63(61-70-64(67)58-55-52-49-46-43-40-37-30-27-24-21-18-15-12-9-6-3)72-66(69)60-57-54-51-48-45-42-39-36-34-32-29-26-23-20-17-14-11-8-5-2/h16,19,25-26,28-29,63H,4-15,17-18,20-24,27,30-62H2,1-3H3/b19-16-,28-25-,29-26-. The highest BCUT2D eigenvalue weighted by atomic mass is 16.6. The Morgan fingerprint density at radius 3 is 0.806 bits per heavy atom. The lowest BCUT2D eigenvalue weighted by atomic mass is 10.0. The van der Waals surface area contributed by atoms with E-state index in [9.17, 15) is 14.4 Å². The van der Waals surface area contributed by atoms with Gasteiger partial charge < -0.3 is 14.2 Å². The van der Waals surface area contributed by atoms with Crippen LogP contribution in [0, 0.1) is 0 Å². The molecule has 0 N–H and O–H groups in total. The second kappa shape index (κ2) is 61.2. The van der Waals surface area contributed by atoms with Crippen molar-refractivity contribution in [1.29, 1.82) is 0 Å². The number of carbonyl (C=O) groups is 3. The van der Waals surface area contributed by atoms with E-state index >= 15 is 0 Å². The molecular weight excluding hydrogens is 889 g/mol. The molecule has 0 fully saturated rings. The van der Waals surface area contributed by atoms with Gasteiger partial charge in [0.25, 0.3) is 0 Å². The number of esters is 3. The molecular formula is C66H122O6. The van der Waals surface area contributed by atoms with Crippen molar-refractivity contribution >= 4 is 17.9 Å². The summed E-state index contributed by atoms with van der Waals surface area (Å²) in [6.07, 6.45) is 74.2. The van der Waals surface area contributed by atoms with Crippen LogP contribution in [0.25, 0.3) is 0 Å². The molecule has 6 nitrogen and oxygen atoms in total. The summed E-state index contributed by atoms with van der Waals surface area (Å²) in [5.74, 6) is -0.852. The fourth-order valence-electron chi connectivity index (χ4n) is 9.53. The van der Waals surface area contributed by atoms with E-state index in [-0.39, 0.29) is 31.1 Å². The molecule has 1 atom stereocenters. The molecule has 0 bridgehead atoms. The Labute approximate surface area is 448 Å². The number of rotatable bonds is 59. The third kappa shape index (κ3) is 58.5. The van der Waals surface area contributed by atoms with Crippen LogP contribution in [0.3, 0.4) is 0 Å². The molecule has 0 aromatic heterocycles. The summed E-state index contributed by atoms with van der Waals surface area (Å²) >= 11 is 0. The summed E-state index contributed by atoms with van der Waals surface area (Å²) in [6, 6.07) is 0. The van der Waals surface area contributed by atoms with Gasteiger partial charge in [-0.2, -0.15) is 0 Å². The molecule has 0 aromatic carbocycles. The van der Waals surface area contributed by atoms with Gasteiger partial charge in [0.2, 0.25) is 0 Å². The molecule has 0 aliphatic carbocycles. The first kappa shape index (κ1) is 69.6. The molecule has 0 amide bonds. The highest BCUT2D eigenvalue weighted by molar-refractivity contribution is 5.71. The highest BCUT2D eigenvalue weighted by Crippen LogP contribution is 2.17. The van der Waals surface area contributed by atoms with Gasteiger partial charge in [0.1, 0.15) is 13.2 Å². The van der Waals surface area contributed by atoms with E-state index in [0.717, 1.165) is 64.2 Å². The zero-order valence-electron chi connectivity index (χ0n) is 48.5. The van der Waals surface area contributed by atoms with Crippen molar-refractivity contribution in [2.45, 2.75) is 354 Å². The van der Waals surface area contributed by atoms with E-state index in [1.165, 1.54) is 244 Å². The minimum Gasteiger partial charge on any atom is -0.462 e. The van der Waals surface area contributed by atoms with Crippen LogP contribution < -0.4 is 0 Å². The maximum atomic E-state index is 12.9. The van der Waals surface area contributed by atoms with Gasteiger partial charge in [0.05, 0.1) is 0 Å². The fraction of sp³-hybridized carbons (Fsp3) is 0.864. The summed E-state index contributed by atoms with van der Waals surface area (Å²) in [6.45, 7) is 6.67. The number of allylic oxidation sites excluding steroid dienone is 6. The normalized spacial score (nSPS) is 12.2. The van der Waals surface area contributed by atoms with Crippen LogP contribution >= 0.6 is 0 Å². The fourth-order valence-corrected chi connectivity index (χ4v) is 9.53. The summed E-state index contributed by atoms with van der Waals surface area (Å²) < 4.78 is 17.0. The lowest BCUT2D eigenvalue weighted by Gasteiger charge is -2.18. The Morgan fingerprint density at radius 2 is 0.500 bits per heavy atom. The lowest BCUT2D eigenvalue weighted by Crippen LogP contribution is -2.30. The van der Waals surface area contributed by atoms with E-state index in [1.54, 1.807) is 0 Å². The molecule has 0 saturated heterocycles. The highest BCUT2D eigenvalue weighted by Gasteiger charge is 2.19. The van der Waals surface area contributed by atoms with Crippen LogP contribution in [0.4, 0.5) is 0 Å². The molecule has 0 rings (SSSR count). The Hall–Kier alpha value is -2.37. The maximum absolute atomic E-state index is 12.9. The minimum absolute atomic E-state index is 0.0697. The SMILES string of the molecule is CCCCC/C=C\C/C=C\CCCCCCCCCCCC(=O)OCC(COC(=O)CCCCCCCCCCCCCCCCCC)OC(=O)CCCCCCCCCCC/C=C\CCCCCCCC. The van der Waals surface area contributed by atoms with Crippen LogP contribution in [0.2, 0.25) is 0 Å². The smallest absolute Gasteiger partial charge is 0.306 e. The van der Waals surface area contributed by atoms with Gasteiger partial charge in [-0.15, -0.1) is 0 Å². The average Bonchev–Trinajstić information content (AvgIpc) is 3.38. The topological polar surface area (TPSA) is 78.9 Å². The first-order chi connectivity index (χ1) is 35.5. The Balaban J connectivity index is 4.34. The van der Waals surface area contributed by atoms with Gasteiger partial charge >= 0.3 is 17.9 Å². The summed E-state index contributed by atoms with van der Waals surface area (Å²) in [4.78, 5) is 38.3. The van der Waals surface area contributed by atoms with Crippen molar-refractivity contribution in [3.63, 3.8) is 0 Å². The van der Waals surface area contributed by atoms with Crippen molar-refractivity contribution in [2.75, 3.05) is 13.2 Å². The molecule has 0 heterocycles. The number of hydrogen-bond acceptors (Lipinski definition) is 6. The molecule has 0 spiro atoms. The number of carbonyl (C=O) groups excluding carboxylic acids is 3. The van der Waals surface area contributed by atoms with Gasteiger partial charge in [-0.3, -0.25) is 14.4 Å². The molecule has 1 unspecified atom stereocenters. The van der Waals surface area contributed by atoms with Crippen LogP contribution in [0.5, 0.6) is 0 Å². The van der Waals surface area contributed by atoms with Crippen molar-refractivity contribution in [3.05, 3.63) is 36.5 Å². The van der Waals surface area contributed by atoms with Crippen molar-refractivity contribution in [1.82, 2.24) is 0 Å². The lowest BCUT2D eigenvalue weighted by molar-refractivity contribution is -0.167. The summed E-state index contributed by atoms with van der Waals surface area (Å²) in [5.41, 5.74) is 0. The molecule has 72 heavy (non-hydrogen) atoms. The van der Waals surface area contributed by atoms with Gasteiger partial charge in [0.15, 0.2) is 6.10 Å². The molecule has 6 heteroatoms. The van der Waals surface area contributed by atoms with Crippen molar-refractivity contribution in [2.24, 2.45) is 0 Å². The molecule has 0 aromatic rings. The van der Waals surface area contributed by atoms with E-state index in [4.69, 9.17) is 14.2 Å². The van der Waals surface area contributed by atoms with Gasteiger partial charge in [-0.05, 0) is 77.0 Å². The zero-order valence-corrected chi connectivity index (χ0v) is 48.5. The predicted molar refractivity (Wildman–Crippen MR) is 312 cm³/mol. The van der Waals surface area contributed by atoms with E-state index in [1.807, 2.05) is 0 Å². The Morgan fingerprint density at radius 1 is 0.278 bits per heavy atom. The van der Waals surface area contributed by atoms with Crippen molar-refractivity contribution < 1.29 is 28.6 Å². The predicted octanol–water partition coefficient (Wildman–Crippen LogP) is 21.6. The Bertz CT molecular complexity index is 1210. The van der Waals surface area contributed by atoms with Gasteiger partial charge in [-0.25, -0.2) is 0 Å². The number of ether oxygens (including phenoxy) is 3. The molecule has 0 radical (unpaired) electrons. The first-order valence-corrected chi connectivity index (χ1v) is 32.0. The summed E-state index contributed by atoms with van der Waals surface area (Å²) in [7, 11) is 0. The van der Waals surface area contributed by atoms with Gasteiger partial charge in [0, 0.05) is 19.3 Å². The second-order valence-corrected chi connectivity index (χ2v) is 21.7. The summed E-state index contributed by atoms with van der Waals surface area (Å²) in [5, 5.41) is 0. The zero-order chi connectivity index (χ0) is 52.2. The minimum atomic E-state index is -0.773. The van der Waals surface area contributed by atoms with E-state index in [2.05, 4.69) is 57.2 Å². The molecule has 0 aliphatic rings. The Kier molecular flexibility index (Phi) is 59.2. The third-order valence-corrected chi connectivity index (χ3v) is 14.4. The number of hydrogen-bond donors (Lipinski definition) is 0. The van der Waals surface area contributed by atoms with Gasteiger partial charge in [-0.1, -0.05) is 288 Å². The first-order valence-electron chi connectivity index (χ1n) is 32.0. The quantitative estimate of drug-likeness (QED) is 0.0261. The van der Waals surface area contributed by atoms with Crippen LogP contribution in [-0.4, -0.2) is 37.2 Å². The van der Waals surface area contributed by atoms with Crippen molar-refractivity contribution in [3.8, 4) is 0 Å². The second-order valence-electron chi connectivity index (χ2n) is 21.7. The van der Waals surface area contributed by atoms with E-state index in [0.29, 0.717) is 19.3 Å². The third-order valence-electron chi connectivity index (χ3n) is 14.4. The van der Waals surface area contributed by atoms with Crippen LogP contribution in [0.15, 0.2) is 36.5 Å². The molecule has 422 valence electrons. The molecule has 0 aliphatic heterocycles. The maximum Gasteiger partial charge on any atom is 0.306 e.